The minimum absolute atomic E-state index is 0. The predicted molar refractivity (Wildman–Crippen MR) is 55.1 cm³/mol. The van der Waals surface area contributed by atoms with E-state index in [1.807, 2.05) is 5.38 Å². The zero-order chi connectivity index (χ0) is 9.10. The number of nitrogens with zero attached hydrogens (tertiary/aromatic N) is 1. The van der Waals surface area contributed by atoms with Gasteiger partial charge in [0.2, 0.25) is 0 Å². The minimum Gasteiger partial charge on any atom is -0.396 e. The molecule has 5 heteroatoms. The van der Waals surface area contributed by atoms with Crippen molar-refractivity contribution in [2.45, 2.75) is 6.42 Å². The summed E-state index contributed by atoms with van der Waals surface area (Å²) >= 11 is 3.14. The molecule has 0 saturated carbocycles. The molecule has 0 aliphatic rings. The van der Waals surface area contributed by atoms with Crippen LogP contribution in [0.3, 0.4) is 0 Å². The van der Waals surface area contributed by atoms with Gasteiger partial charge in [0, 0.05) is 6.61 Å². The number of thiophene rings is 1. The number of hydrogen-bond donors (Lipinski definition) is 1. The van der Waals surface area contributed by atoms with Crippen LogP contribution in [-0.4, -0.2) is 16.7 Å². The van der Waals surface area contributed by atoms with E-state index in [9.17, 15) is 0 Å². The van der Waals surface area contributed by atoms with Gasteiger partial charge in [0.25, 0.3) is 0 Å². The third-order valence-electron chi connectivity index (χ3n) is 1.70. The maximum absolute atomic E-state index is 8.74. The van der Waals surface area contributed by atoms with Crippen LogP contribution in [0.2, 0.25) is 0 Å². The first-order valence-electron chi connectivity index (χ1n) is 3.90. The van der Waals surface area contributed by atoms with E-state index >= 15 is 0 Å². The van der Waals surface area contributed by atoms with Crippen LogP contribution in [0.25, 0.3) is 10.6 Å². The van der Waals surface area contributed by atoms with Crippen LogP contribution in [0, 0.1) is 5.51 Å². The van der Waals surface area contributed by atoms with E-state index in [4.69, 9.17) is 5.11 Å². The van der Waals surface area contributed by atoms with Gasteiger partial charge in [0.15, 0.2) is 0 Å². The average Bonchev–Trinajstić information content (AvgIpc) is 2.70. The van der Waals surface area contributed by atoms with Gasteiger partial charge in [-0.05, 0) is 27.8 Å². The van der Waals surface area contributed by atoms with Crippen molar-refractivity contribution < 1.29 is 5.11 Å². The molecule has 2 aromatic rings. The van der Waals surface area contributed by atoms with Crippen LogP contribution in [-0.2, 0) is 6.42 Å². The Morgan fingerprint density at radius 1 is 1.43 bits per heavy atom. The second kappa shape index (κ2) is 4.50. The molecule has 0 spiro atoms. The molecule has 0 unspecified atom stereocenters. The van der Waals surface area contributed by atoms with Crippen LogP contribution >= 0.6 is 22.7 Å². The Morgan fingerprint density at radius 2 is 2.29 bits per heavy atom. The Labute approximate surface area is 84.5 Å². The predicted octanol–water partition coefficient (Wildman–Crippen LogP) is 2.21. The summed E-state index contributed by atoms with van der Waals surface area (Å²) in [5.41, 5.74) is 4.98. The summed E-state index contributed by atoms with van der Waals surface area (Å²) in [6.07, 6.45) is 0.727. The van der Waals surface area contributed by atoms with E-state index in [2.05, 4.69) is 21.9 Å². The maximum atomic E-state index is 8.74. The van der Waals surface area contributed by atoms with E-state index in [-0.39, 0.29) is 6.61 Å². The first kappa shape index (κ1) is 10.4. The molecule has 2 heterocycles. The first-order chi connectivity index (χ1) is 6.40. The molecule has 2 rings (SSSR count). The molecule has 70 valence electrons. The molecule has 0 amide bonds. The molecule has 0 aromatic carbocycles. The van der Waals surface area contributed by atoms with Crippen molar-refractivity contribution in [3.8, 4) is 10.6 Å². The Bertz CT molecular complexity index is 372. The summed E-state index contributed by atoms with van der Waals surface area (Å²) in [4.78, 5) is 5.26. The minimum atomic E-state index is 0. The number of aliphatic hydroxyl groups is 1. The van der Waals surface area contributed by atoms with Crippen molar-refractivity contribution in [1.82, 2.24) is 4.98 Å². The zero-order valence-electron chi connectivity index (χ0n) is 7.56. The van der Waals surface area contributed by atoms with E-state index < -0.39 is 0 Å². The number of thiazole rings is 1. The standard InChI is InChI=1S/C9H8NOS2.Hs/c11-2-1-7-3-9(13-4-7)8-5-12-6-10-8;/h3-5,11H,1-2H2;/q-1;. The van der Waals surface area contributed by atoms with Crippen molar-refractivity contribution in [3.05, 3.63) is 27.9 Å². The fourth-order valence-corrected chi connectivity index (χ4v) is 2.55. The Hall–Kier alpha value is -1.71. The molecule has 0 fully saturated rings. The fraction of sp³-hybridized carbons (Fsp3) is 0.222. The zero-order valence-corrected chi connectivity index (χ0v) is 15.7. The largest absolute Gasteiger partial charge is 0.396 e. The van der Waals surface area contributed by atoms with Gasteiger partial charge in [-0.2, -0.15) is 11.3 Å². The molecular weight excluding hydrogens is 471 g/mol. The second-order valence-electron chi connectivity index (χ2n) is 2.62. The average molecular weight is 479 g/mol. The summed E-state index contributed by atoms with van der Waals surface area (Å²) in [7, 11) is 0. The second-order valence-corrected chi connectivity index (χ2v) is 4.18. The molecule has 0 bridgehead atoms. The van der Waals surface area contributed by atoms with Gasteiger partial charge < -0.3 is 10.1 Å². The third kappa shape index (κ3) is 1.96. The van der Waals surface area contributed by atoms with E-state index in [0.717, 1.165) is 17.0 Å². The molecule has 0 atom stereocenters. The van der Waals surface area contributed by atoms with Gasteiger partial charge in [-0.1, -0.05) is 11.8 Å². The van der Waals surface area contributed by atoms with Crippen LogP contribution in [0.5, 0.6) is 0 Å². The molecule has 0 saturated heterocycles. The van der Waals surface area contributed by atoms with E-state index in [1.165, 1.54) is 16.9 Å². The molecule has 2 nitrogen and oxygen atoms in total. The van der Waals surface area contributed by atoms with Crippen molar-refractivity contribution >= 4 is 22.7 Å². The number of hydrogen-bond acceptors (Lipinski definition) is 4. The molecule has 0 radical (unpaired) electrons. The number of aromatic nitrogens is 1. The summed E-state index contributed by atoms with van der Waals surface area (Å²) in [6, 6.07) is 2.07. The summed E-state index contributed by atoms with van der Waals surface area (Å²) in [5.74, 6) is 0. The SMILES string of the molecule is OCCc1csc(-c2cs[c-]n2)c1.[Hs]. The van der Waals surface area contributed by atoms with Gasteiger partial charge in [-0.15, -0.1) is 5.38 Å². The summed E-state index contributed by atoms with van der Waals surface area (Å²) < 4.78 is 0. The van der Waals surface area contributed by atoms with Crippen molar-refractivity contribution in [3.63, 3.8) is 0 Å². The van der Waals surface area contributed by atoms with Gasteiger partial charge in [0.1, 0.15) is 0 Å². The number of aliphatic hydroxyl groups excluding tert-OH is 1. The molecule has 0 aliphatic carbocycles. The smallest absolute Gasteiger partial charge is 0.0471 e. The monoisotopic (exact) mass is 479 g/mol. The topological polar surface area (TPSA) is 33.1 Å². The maximum Gasteiger partial charge on any atom is 0.0471 e. The van der Waals surface area contributed by atoms with Gasteiger partial charge >= 0.3 is 0 Å². The normalized spacial score (nSPS) is 9.79. The van der Waals surface area contributed by atoms with Gasteiger partial charge in [0.05, 0.1) is 0 Å². The molecule has 1 N–H and O–H groups in total. The van der Waals surface area contributed by atoms with Crippen LogP contribution in [0.15, 0.2) is 16.8 Å². The van der Waals surface area contributed by atoms with E-state index in [1.54, 1.807) is 11.3 Å². The molecule has 14 heavy (non-hydrogen) atoms. The van der Waals surface area contributed by atoms with Crippen LogP contribution in [0.4, 0.5) is 0 Å². The van der Waals surface area contributed by atoms with Crippen LogP contribution < -0.4 is 0 Å². The van der Waals surface area contributed by atoms with Gasteiger partial charge in [-0.25, -0.2) is 0 Å². The van der Waals surface area contributed by atoms with Crippen molar-refractivity contribution in [2.24, 2.45) is 0 Å². The third-order valence-corrected chi connectivity index (χ3v) is 3.24. The Kier molecular flexibility index (Phi) is 3.34. The van der Waals surface area contributed by atoms with Crippen LogP contribution in [0.1, 0.15) is 5.56 Å². The van der Waals surface area contributed by atoms with Gasteiger partial charge in [-0.3, -0.25) is 11.3 Å². The molecule has 2 aromatic heterocycles. The molecular formula is C9H8HsNOS2-. The quantitative estimate of drug-likeness (QED) is 0.686. The first-order valence-corrected chi connectivity index (χ1v) is 5.66. The Balaban J connectivity index is 0.000000980. The van der Waals surface area contributed by atoms with E-state index in [0.29, 0.717) is 0 Å². The summed E-state index contributed by atoms with van der Waals surface area (Å²) in [5, 5.41) is 12.8. The molecule has 0 aliphatic heterocycles. The Morgan fingerprint density at radius 3 is 2.93 bits per heavy atom. The summed E-state index contributed by atoms with van der Waals surface area (Å²) in [6.45, 7) is 0.208. The van der Waals surface area contributed by atoms with Crippen molar-refractivity contribution in [1.29, 1.82) is 0 Å². The number of rotatable bonds is 3. The van der Waals surface area contributed by atoms with Crippen molar-refractivity contribution in [2.75, 3.05) is 6.61 Å². The fourth-order valence-electron chi connectivity index (χ4n) is 1.07.